The van der Waals surface area contributed by atoms with Gasteiger partial charge in [0.2, 0.25) is 0 Å². The first kappa shape index (κ1) is 16.2. The highest BCUT2D eigenvalue weighted by molar-refractivity contribution is 5.02. The van der Waals surface area contributed by atoms with Crippen LogP contribution < -0.4 is 5.73 Å². The van der Waals surface area contributed by atoms with Crippen molar-refractivity contribution >= 4 is 0 Å². The smallest absolute Gasteiger partial charge is 0.0616 e. The Morgan fingerprint density at radius 1 is 1.30 bits per heavy atom. The number of hydrogen-bond acceptors (Lipinski definition) is 4. The molecule has 4 heteroatoms. The van der Waals surface area contributed by atoms with Gasteiger partial charge in [0.1, 0.15) is 0 Å². The molecule has 2 N–H and O–H groups in total. The van der Waals surface area contributed by atoms with E-state index in [0.29, 0.717) is 12.0 Å². The van der Waals surface area contributed by atoms with Crippen LogP contribution in [0.25, 0.3) is 0 Å². The molecule has 0 aliphatic carbocycles. The lowest BCUT2D eigenvalue weighted by molar-refractivity contribution is -0.110. The molecule has 4 nitrogen and oxygen atoms in total. The van der Waals surface area contributed by atoms with E-state index in [4.69, 9.17) is 10.5 Å². The van der Waals surface area contributed by atoms with Gasteiger partial charge in [0.25, 0.3) is 0 Å². The van der Waals surface area contributed by atoms with Crippen molar-refractivity contribution in [3.8, 4) is 0 Å². The Morgan fingerprint density at radius 2 is 2.00 bits per heavy atom. The Bertz CT molecular complexity index is 332. The molecule has 2 unspecified atom stereocenters. The lowest BCUT2D eigenvalue weighted by Gasteiger charge is -2.55. The average molecular weight is 283 g/mol. The lowest BCUT2D eigenvalue weighted by atomic mass is 9.80. The molecule has 118 valence electrons. The van der Waals surface area contributed by atoms with Gasteiger partial charge < -0.3 is 10.5 Å². The Balaban J connectivity index is 2.14. The molecule has 0 aromatic carbocycles. The highest BCUT2D eigenvalue weighted by Crippen LogP contribution is 2.35. The molecule has 20 heavy (non-hydrogen) atoms. The molecular weight excluding hydrogens is 250 g/mol. The van der Waals surface area contributed by atoms with Crippen LogP contribution in [0.15, 0.2) is 0 Å². The zero-order valence-electron chi connectivity index (χ0n) is 14.0. The summed E-state index contributed by atoms with van der Waals surface area (Å²) >= 11 is 0. The van der Waals surface area contributed by atoms with Gasteiger partial charge in [-0.25, -0.2) is 0 Å². The van der Waals surface area contributed by atoms with Gasteiger partial charge in [-0.2, -0.15) is 0 Å². The number of likely N-dealkylation sites (N-methyl/N-ethyl adjacent to an activating group) is 1. The maximum Gasteiger partial charge on any atom is 0.0616 e. The minimum Gasteiger partial charge on any atom is -0.378 e. The Labute approximate surface area is 124 Å². The summed E-state index contributed by atoms with van der Waals surface area (Å²) in [7, 11) is 2.23. The molecule has 0 saturated carbocycles. The third-order valence-corrected chi connectivity index (χ3v) is 5.59. The molecule has 2 fully saturated rings. The Kier molecular flexibility index (Phi) is 4.80. The summed E-state index contributed by atoms with van der Waals surface area (Å²) in [6.45, 7) is 14.1. The third kappa shape index (κ3) is 3.03. The second kappa shape index (κ2) is 5.91. The van der Waals surface area contributed by atoms with Crippen molar-refractivity contribution in [1.29, 1.82) is 0 Å². The molecule has 0 amide bonds. The zero-order chi connectivity index (χ0) is 15.0. The topological polar surface area (TPSA) is 41.7 Å². The molecule has 2 heterocycles. The SMILES string of the molecule is CC(C)C1CC(CN)(N2CCN(C)C(C)(C)C2)CCO1. The van der Waals surface area contributed by atoms with Crippen LogP contribution in [0.2, 0.25) is 0 Å². The number of nitrogens with zero attached hydrogens (tertiary/aromatic N) is 2. The van der Waals surface area contributed by atoms with Crippen LogP contribution in [0.1, 0.15) is 40.5 Å². The third-order valence-electron chi connectivity index (χ3n) is 5.59. The predicted octanol–water partition coefficient (Wildman–Crippen LogP) is 1.54. The van der Waals surface area contributed by atoms with Gasteiger partial charge in [0, 0.05) is 43.9 Å². The van der Waals surface area contributed by atoms with Crippen LogP contribution in [0.3, 0.4) is 0 Å². The highest BCUT2D eigenvalue weighted by atomic mass is 16.5. The molecule has 0 bridgehead atoms. The molecule has 2 aliphatic heterocycles. The van der Waals surface area contributed by atoms with Crippen molar-refractivity contribution in [2.24, 2.45) is 11.7 Å². The molecule has 0 aromatic heterocycles. The van der Waals surface area contributed by atoms with Crippen LogP contribution in [0.5, 0.6) is 0 Å². The van der Waals surface area contributed by atoms with Crippen molar-refractivity contribution in [1.82, 2.24) is 9.80 Å². The van der Waals surface area contributed by atoms with Crippen molar-refractivity contribution < 1.29 is 4.74 Å². The number of piperazine rings is 1. The minimum absolute atomic E-state index is 0.145. The van der Waals surface area contributed by atoms with E-state index in [1.807, 2.05) is 0 Å². The Morgan fingerprint density at radius 3 is 2.55 bits per heavy atom. The van der Waals surface area contributed by atoms with Crippen LogP contribution >= 0.6 is 0 Å². The summed E-state index contributed by atoms with van der Waals surface area (Å²) in [5, 5.41) is 0. The average Bonchev–Trinajstić information content (AvgIpc) is 2.41. The van der Waals surface area contributed by atoms with Gasteiger partial charge in [0.05, 0.1) is 6.10 Å². The van der Waals surface area contributed by atoms with Crippen LogP contribution in [0, 0.1) is 5.92 Å². The fraction of sp³-hybridized carbons (Fsp3) is 1.00. The zero-order valence-corrected chi connectivity index (χ0v) is 14.0. The van der Waals surface area contributed by atoms with Crippen molar-refractivity contribution in [2.75, 3.05) is 39.8 Å². The van der Waals surface area contributed by atoms with E-state index in [-0.39, 0.29) is 11.1 Å². The van der Waals surface area contributed by atoms with Crippen molar-refractivity contribution in [3.63, 3.8) is 0 Å². The van der Waals surface area contributed by atoms with Crippen LogP contribution in [0.4, 0.5) is 0 Å². The van der Waals surface area contributed by atoms with E-state index >= 15 is 0 Å². The summed E-state index contributed by atoms with van der Waals surface area (Å²) in [4.78, 5) is 5.12. The van der Waals surface area contributed by atoms with E-state index in [1.54, 1.807) is 0 Å². The summed E-state index contributed by atoms with van der Waals surface area (Å²) in [5.74, 6) is 0.571. The second-order valence-electron chi connectivity index (χ2n) is 7.69. The van der Waals surface area contributed by atoms with Crippen molar-refractivity contribution in [2.45, 2.75) is 57.7 Å². The summed E-state index contributed by atoms with van der Waals surface area (Å²) in [6, 6.07) is 0. The van der Waals surface area contributed by atoms with E-state index < -0.39 is 0 Å². The number of ether oxygens (including phenoxy) is 1. The summed E-state index contributed by atoms with van der Waals surface area (Å²) in [6.07, 6.45) is 2.52. The van der Waals surface area contributed by atoms with E-state index in [9.17, 15) is 0 Å². The van der Waals surface area contributed by atoms with Gasteiger partial charge in [0.15, 0.2) is 0 Å². The monoisotopic (exact) mass is 283 g/mol. The minimum atomic E-state index is 0.145. The maximum atomic E-state index is 6.24. The Hall–Kier alpha value is -0.160. The largest absolute Gasteiger partial charge is 0.378 e. The molecule has 2 rings (SSSR count). The van der Waals surface area contributed by atoms with Gasteiger partial charge in [-0.1, -0.05) is 13.8 Å². The van der Waals surface area contributed by atoms with Gasteiger partial charge in [-0.3, -0.25) is 9.80 Å². The number of rotatable bonds is 3. The molecule has 0 radical (unpaired) electrons. The predicted molar refractivity (Wildman–Crippen MR) is 83.9 cm³/mol. The van der Waals surface area contributed by atoms with E-state index in [1.165, 1.54) is 0 Å². The normalized spacial score (nSPS) is 36.5. The molecule has 0 aromatic rings. The summed E-state index contributed by atoms with van der Waals surface area (Å²) in [5.41, 5.74) is 6.62. The first-order valence-corrected chi connectivity index (χ1v) is 8.09. The maximum absolute atomic E-state index is 6.24. The summed E-state index contributed by atoms with van der Waals surface area (Å²) < 4.78 is 5.97. The number of hydrogen-bond donors (Lipinski definition) is 1. The van der Waals surface area contributed by atoms with Crippen LogP contribution in [-0.2, 0) is 4.74 Å². The van der Waals surface area contributed by atoms with Gasteiger partial charge >= 0.3 is 0 Å². The van der Waals surface area contributed by atoms with E-state index in [0.717, 1.165) is 45.6 Å². The fourth-order valence-electron chi connectivity index (χ4n) is 3.61. The second-order valence-corrected chi connectivity index (χ2v) is 7.69. The standard InChI is InChI=1S/C16H33N3O/c1-13(2)14-10-16(11-17,6-9-20-14)19-8-7-18(5)15(3,4)12-19/h13-14H,6-12,17H2,1-5H3. The number of nitrogens with two attached hydrogens (primary N) is 1. The van der Waals surface area contributed by atoms with E-state index in [2.05, 4.69) is 44.5 Å². The first-order valence-electron chi connectivity index (χ1n) is 8.09. The quantitative estimate of drug-likeness (QED) is 0.853. The van der Waals surface area contributed by atoms with Gasteiger partial charge in [-0.15, -0.1) is 0 Å². The molecule has 2 saturated heterocycles. The first-order chi connectivity index (χ1) is 9.31. The fourth-order valence-corrected chi connectivity index (χ4v) is 3.61. The van der Waals surface area contributed by atoms with Crippen molar-refractivity contribution in [3.05, 3.63) is 0 Å². The van der Waals surface area contributed by atoms with Gasteiger partial charge in [-0.05, 0) is 39.7 Å². The molecule has 2 aliphatic rings. The molecular formula is C16H33N3O. The molecule has 2 atom stereocenters. The lowest BCUT2D eigenvalue weighted by Crippen LogP contribution is -2.67. The molecule has 0 spiro atoms. The highest BCUT2D eigenvalue weighted by Gasteiger charge is 2.45. The van der Waals surface area contributed by atoms with Crippen LogP contribution in [-0.4, -0.2) is 66.8 Å².